The van der Waals surface area contributed by atoms with E-state index in [9.17, 15) is 5.11 Å². The van der Waals surface area contributed by atoms with E-state index in [0.29, 0.717) is 12.3 Å². The zero-order chi connectivity index (χ0) is 21.4. The molecule has 0 atom stereocenters. The standard InChI is InChI=1S/C26H24N2O2S/c1-30-24-12-11-19(15-23(24)29)17-28-22-10-6-5-9-20(22)21-13-14-27(26(31)25(21)28)16-18-7-3-2-4-8-18/h2-12,15,29H,13-14,16-17H2,1H3. The molecular weight excluding hydrogens is 404 g/mol. The van der Waals surface area contributed by atoms with Gasteiger partial charge in [-0.15, -0.1) is 0 Å². The normalized spacial score (nSPS) is 13.5. The van der Waals surface area contributed by atoms with E-state index in [1.54, 1.807) is 13.2 Å². The molecule has 4 aromatic rings. The van der Waals surface area contributed by atoms with Crippen LogP contribution in [0.3, 0.4) is 0 Å². The Hall–Kier alpha value is -3.31. The summed E-state index contributed by atoms with van der Waals surface area (Å²) in [6, 6.07) is 24.5. The minimum Gasteiger partial charge on any atom is -0.504 e. The monoisotopic (exact) mass is 428 g/mol. The molecule has 2 heterocycles. The molecule has 0 unspecified atom stereocenters. The molecule has 0 fully saturated rings. The van der Waals surface area contributed by atoms with Crippen molar-refractivity contribution < 1.29 is 9.84 Å². The molecule has 1 aromatic heterocycles. The van der Waals surface area contributed by atoms with Crippen molar-refractivity contribution in [2.75, 3.05) is 13.7 Å². The van der Waals surface area contributed by atoms with E-state index >= 15 is 0 Å². The third-order valence-corrected chi connectivity index (χ3v) is 6.45. The van der Waals surface area contributed by atoms with E-state index in [1.807, 2.05) is 18.2 Å². The molecule has 5 heteroatoms. The van der Waals surface area contributed by atoms with Gasteiger partial charge in [0.05, 0.1) is 12.8 Å². The molecular formula is C26H24N2O2S. The zero-order valence-electron chi connectivity index (χ0n) is 17.4. The lowest BCUT2D eigenvalue weighted by molar-refractivity contribution is 0.373. The second-order valence-electron chi connectivity index (χ2n) is 7.90. The first-order chi connectivity index (χ1) is 15.2. The summed E-state index contributed by atoms with van der Waals surface area (Å²) in [5, 5.41) is 11.5. The van der Waals surface area contributed by atoms with Crippen LogP contribution in [-0.4, -0.2) is 33.2 Å². The van der Waals surface area contributed by atoms with E-state index in [-0.39, 0.29) is 5.75 Å². The molecule has 0 bridgehead atoms. The molecule has 0 radical (unpaired) electrons. The lowest BCUT2D eigenvalue weighted by atomic mass is 10.0. The predicted octanol–water partition coefficient (Wildman–Crippen LogP) is 5.14. The second kappa shape index (κ2) is 8.08. The number of benzene rings is 3. The third kappa shape index (κ3) is 3.55. The van der Waals surface area contributed by atoms with Crippen LogP contribution in [0.15, 0.2) is 72.8 Å². The second-order valence-corrected chi connectivity index (χ2v) is 8.29. The number of rotatable bonds is 5. The van der Waals surface area contributed by atoms with Gasteiger partial charge >= 0.3 is 0 Å². The highest BCUT2D eigenvalue weighted by Gasteiger charge is 2.28. The number of nitrogens with zero attached hydrogens (tertiary/aromatic N) is 2. The number of aromatic hydroxyl groups is 1. The number of fused-ring (bicyclic) bond motifs is 3. The molecule has 1 aliphatic rings. The van der Waals surface area contributed by atoms with Crippen molar-refractivity contribution in [3.05, 3.63) is 95.2 Å². The van der Waals surface area contributed by atoms with Gasteiger partial charge in [0.25, 0.3) is 0 Å². The van der Waals surface area contributed by atoms with Gasteiger partial charge in [-0.25, -0.2) is 0 Å². The van der Waals surface area contributed by atoms with Crippen molar-refractivity contribution in [1.29, 1.82) is 0 Å². The zero-order valence-corrected chi connectivity index (χ0v) is 18.2. The van der Waals surface area contributed by atoms with Gasteiger partial charge in [0.1, 0.15) is 4.99 Å². The Balaban J connectivity index is 1.56. The summed E-state index contributed by atoms with van der Waals surface area (Å²) in [7, 11) is 1.56. The fourth-order valence-corrected chi connectivity index (χ4v) is 4.90. The van der Waals surface area contributed by atoms with E-state index in [2.05, 4.69) is 58.0 Å². The lowest BCUT2D eigenvalue weighted by Gasteiger charge is -2.31. The topological polar surface area (TPSA) is 37.6 Å². The molecule has 3 aromatic carbocycles. The summed E-state index contributed by atoms with van der Waals surface area (Å²) in [5.74, 6) is 0.631. The van der Waals surface area contributed by atoms with Crippen LogP contribution in [0.25, 0.3) is 10.9 Å². The minimum atomic E-state index is 0.151. The Morgan fingerprint density at radius 1 is 0.935 bits per heavy atom. The van der Waals surface area contributed by atoms with Crippen LogP contribution in [0.4, 0.5) is 0 Å². The van der Waals surface area contributed by atoms with Crippen molar-refractivity contribution in [1.82, 2.24) is 9.47 Å². The fraction of sp³-hybridized carbons (Fsp3) is 0.192. The van der Waals surface area contributed by atoms with Gasteiger partial charge < -0.3 is 19.3 Å². The summed E-state index contributed by atoms with van der Waals surface area (Å²) in [5.41, 5.74) is 5.88. The minimum absolute atomic E-state index is 0.151. The largest absolute Gasteiger partial charge is 0.504 e. The van der Waals surface area contributed by atoms with Crippen molar-refractivity contribution in [2.45, 2.75) is 19.5 Å². The van der Waals surface area contributed by atoms with Crippen molar-refractivity contribution >= 4 is 28.1 Å². The van der Waals surface area contributed by atoms with Crippen LogP contribution in [-0.2, 0) is 19.5 Å². The number of hydrogen-bond donors (Lipinski definition) is 1. The summed E-state index contributed by atoms with van der Waals surface area (Å²) in [4.78, 5) is 3.19. The maximum absolute atomic E-state index is 10.3. The van der Waals surface area contributed by atoms with Gasteiger partial charge in [-0.2, -0.15) is 0 Å². The lowest BCUT2D eigenvalue weighted by Crippen LogP contribution is -2.37. The quantitative estimate of drug-likeness (QED) is 0.447. The fourth-order valence-electron chi connectivity index (χ4n) is 4.51. The average Bonchev–Trinajstić information content (AvgIpc) is 3.11. The highest BCUT2D eigenvalue weighted by Crippen LogP contribution is 2.34. The Morgan fingerprint density at radius 3 is 2.48 bits per heavy atom. The molecule has 156 valence electrons. The van der Waals surface area contributed by atoms with Gasteiger partial charge in [-0.1, -0.05) is 66.8 Å². The molecule has 0 saturated carbocycles. The maximum Gasteiger partial charge on any atom is 0.160 e. The first-order valence-electron chi connectivity index (χ1n) is 10.4. The Bertz CT molecular complexity index is 1260. The number of para-hydroxylation sites is 1. The van der Waals surface area contributed by atoms with Gasteiger partial charge in [-0.3, -0.25) is 0 Å². The molecule has 1 aliphatic heterocycles. The summed E-state index contributed by atoms with van der Waals surface area (Å²) < 4.78 is 7.50. The van der Waals surface area contributed by atoms with Crippen molar-refractivity contribution in [2.24, 2.45) is 0 Å². The number of phenols is 1. The van der Waals surface area contributed by atoms with E-state index in [1.165, 1.54) is 22.0 Å². The first kappa shape index (κ1) is 19.6. The molecule has 0 spiro atoms. The predicted molar refractivity (Wildman–Crippen MR) is 128 cm³/mol. The Kier molecular flexibility index (Phi) is 5.12. The summed E-state index contributed by atoms with van der Waals surface area (Å²) in [6.45, 7) is 2.36. The average molecular weight is 429 g/mol. The van der Waals surface area contributed by atoms with E-state index in [0.717, 1.165) is 35.8 Å². The van der Waals surface area contributed by atoms with Crippen LogP contribution >= 0.6 is 12.2 Å². The van der Waals surface area contributed by atoms with Crippen LogP contribution in [0.5, 0.6) is 11.5 Å². The van der Waals surface area contributed by atoms with Crippen LogP contribution in [0.1, 0.15) is 22.4 Å². The molecule has 0 saturated heterocycles. The molecule has 1 N–H and O–H groups in total. The van der Waals surface area contributed by atoms with Crippen LogP contribution in [0.2, 0.25) is 0 Å². The van der Waals surface area contributed by atoms with Crippen LogP contribution < -0.4 is 4.74 Å². The highest BCUT2D eigenvalue weighted by molar-refractivity contribution is 7.80. The van der Waals surface area contributed by atoms with Gasteiger partial charge in [0.15, 0.2) is 11.5 Å². The van der Waals surface area contributed by atoms with Crippen molar-refractivity contribution in [3.63, 3.8) is 0 Å². The summed E-state index contributed by atoms with van der Waals surface area (Å²) >= 11 is 6.03. The van der Waals surface area contributed by atoms with Crippen LogP contribution in [0, 0.1) is 0 Å². The van der Waals surface area contributed by atoms with Gasteiger partial charge in [-0.05, 0) is 41.3 Å². The smallest absolute Gasteiger partial charge is 0.160 e. The number of phenolic OH excluding ortho intramolecular Hbond substituents is 1. The SMILES string of the molecule is COc1ccc(Cn2c3c(c4ccccc42)CCN(Cc2ccccc2)C3=S)cc1O. The van der Waals surface area contributed by atoms with Gasteiger partial charge in [0.2, 0.25) is 0 Å². The Morgan fingerprint density at radius 2 is 1.71 bits per heavy atom. The first-order valence-corrected chi connectivity index (χ1v) is 10.9. The van der Waals surface area contributed by atoms with Crippen molar-refractivity contribution in [3.8, 4) is 11.5 Å². The number of hydrogen-bond acceptors (Lipinski definition) is 3. The number of methoxy groups -OCH3 is 1. The number of thiocarbonyl (C=S) groups is 1. The van der Waals surface area contributed by atoms with E-state index in [4.69, 9.17) is 17.0 Å². The molecule has 0 aliphatic carbocycles. The van der Waals surface area contributed by atoms with Gasteiger partial charge in [0, 0.05) is 30.5 Å². The maximum atomic E-state index is 10.3. The summed E-state index contributed by atoms with van der Waals surface area (Å²) in [6.07, 6.45) is 0.962. The number of ether oxygens (including phenoxy) is 1. The van der Waals surface area contributed by atoms with E-state index < -0.39 is 0 Å². The Labute approximate surface area is 187 Å². The molecule has 5 rings (SSSR count). The highest BCUT2D eigenvalue weighted by atomic mass is 32.1. The number of aromatic nitrogens is 1. The third-order valence-electron chi connectivity index (χ3n) is 6.00. The molecule has 0 amide bonds. The molecule has 4 nitrogen and oxygen atoms in total. The molecule has 31 heavy (non-hydrogen) atoms.